The van der Waals surface area contributed by atoms with Crippen molar-refractivity contribution >= 4 is 34.1 Å². The van der Waals surface area contributed by atoms with Crippen LogP contribution in [-0.2, 0) is 27.2 Å². The average molecular weight is 442 g/mol. The summed E-state index contributed by atoms with van der Waals surface area (Å²) < 4.78 is 9.95. The smallest absolute Gasteiger partial charge is 0.325 e. The van der Waals surface area contributed by atoms with Crippen LogP contribution in [-0.4, -0.2) is 38.0 Å². The van der Waals surface area contributed by atoms with Gasteiger partial charge in [-0.2, -0.15) is 5.26 Å². The first-order chi connectivity index (χ1) is 14.9. The van der Waals surface area contributed by atoms with E-state index >= 15 is 0 Å². The van der Waals surface area contributed by atoms with E-state index in [4.69, 9.17) is 9.47 Å². The summed E-state index contributed by atoms with van der Waals surface area (Å²) >= 11 is 1.41. The number of methoxy groups -OCH3 is 1. The fourth-order valence-electron chi connectivity index (χ4n) is 3.31. The van der Waals surface area contributed by atoms with Crippen LogP contribution in [0.1, 0.15) is 39.7 Å². The standard InChI is InChI=1S/C22H23N3O5S/c1-13-3-8-16-17(10-23)22(31-18(16)9-13)25-19(26)12-30-20(27)11-24-21(28)14-4-6-15(29-2)7-5-14/h4-7,13H,3,8-9,11-12H2,1-2H3,(H,24,28)(H,25,26). The van der Waals surface area contributed by atoms with Gasteiger partial charge in [0.25, 0.3) is 11.8 Å². The Kier molecular flexibility index (Phi) is 7.26. The van der Waals surface area contributed by atoms with E-state index in [-0.39, 0.29) is 6.54 Å². The second-order valence-corrected chi connectivity index (χ2v) is 8.39. The molecule has 1 atom stereocenters. The van der Waals surface area contributed by atoms with E-state index in [1.54, 1.807) is 24.3 Å². The lowest BCUT2D eigenvalue weighted by molar-refractivity contribution is -0.146. The molecule has 1 aliphatic rings. The minimum Gasteiger partial charge on any atom is -0.497 e. The zero-order chi connectivity index (χ0) is 22.4. The summed E-state index contributed by atoms with van der Waals surface area (Å²) in [6.07, 6.45) is 2.74. The lowest BCUT2D eigenvalue weighted by Gasteiger charge is -2.17. The number of nitrogens with zero attached hydrogens (tertiary/aromatic N) is 1. The SMILES string of the molecule is COc1ccc(C(=O)NCC(=O)OCC(=O)Nc2sc3c(c2C#N)CCC(C)C3)cc1. The molecule has 8 nitrogen and oxygen atoms in total. The zero-order valence-corrected chi connectivity index (χ0v) is 18.1. The van der Waals surface area contributed by atoms with Crippen LogP contribution in [0.15, 0.2) is 24.3 Å². The van der Waals surface area contributed by atoms with Crippen LogP contribution in [0.4, 0.5) is 5.00 Å². The number of carbonyl (C=O) groups is 3. The average Bonchev–Trinajstić information content (AvgIpc) is 3.11. The van der Waals surface area contributed by atoms with E-state index in [1.807, 2.05) is 0 Å². The normalized spacial score (nSPS) is 14.7. The van der Waals surface area contributed by atoms with Gasteiger partial charge in [-0.3, -0.25) is 14.4 Å². The van der Waals surface area contributed by atoms with Crippen LogP contribution in [0.5, 0.6) is 5.75 Å². The van der Waals surface area contributed by atoms with Crippen LogP contribution in [0.3, 0.4) is 0 Å². The number of ether oxygens (including phenoxy) is 2. The Hall–Kier alpha value is -3.38. The molecule has 0 fully saturated rings. The summed E-state index contributed by atoms with van der Waals surface area (Å²) in [5, 5.41) is 15.1. The van der Waals surface area contributed by atoms with Crippen molar-refractivity contribution in [1.82, 2.24) is 5.32 Å². The highest BCUT2D eigenvalue weighted by atomic mass is 32.1. The van der Waals surface area contributed by atoms with Crippen molar-refractivity contribution in [3.05, 3.63) is 45.8 Å². The van der Waals surface area contributed by atoms with Crippen LogP contribution in [0.2, 0.25) is 0 Å². The van der Waals surface area contributed by atoms with Gasteiger partial charge in [0.1, 0.15) is 23.4 Å². The fourth-order valence-corrected chi connectivity index (χ4v) is 4.69. The number of thiophene rings is 1. The highest BCUT2D eigenvalue weighted by Crippen LogP contribution is 2.39. The molecule has 162 valence electrons. The highest BCUT2D eigenvalue weighted by Gasteiger charge is 2.24. The third kappa shape index (κ3) is 5.61. The molecule has 0 saturated carbocycles. The Bertz CT molecular complexity index is 1020. The monoisotopic (exact) mass is 441 g/mol. The van der Waals surface area contributed by atoms with Gasteiger partial charge in [-0.25, -0.2) is 0 Å². The number of hydrogen-bond acceptors (Lipinski definition) is 7. The molecule has 1 aliphatic carbocycles. The molecular formula is C22H23N3O5S. The van der Waals surface area contributed by atoms with E-state index in [0.717, 1.165) is 29.7 Å². The number of benzene rings is 1. The third-order valence-electron chi connectivity index (χ3n) is 4.99. The van der Waals surface area contributed by atoms with Crippen LogP contribution in [0, 0.1) is 17.2 Å². The predicted octanol–water partition coefficient (Wildman–Crippen LogP) is 2.66. The summed E-state index contributed by atoms with van der Waals surface area (Å²) in [7, 11) is 1.52. The molecule has 1 aromatic heterocycles. The molecule has 31 heavy (non-hydrogen) atoms. The molecule has 1 heterocycles. The van der Waals surface area contributed by atoms with Crippen molar-refractivity contribution < 1.29 is 23.9 Å². The number of hydrogen-bond donors (Lipinski definition) is 2. The molecule has 0 radical (unpaired) electrons. The van der Waals surface area contributed by atoms with Crippen LogP contribution >= 0.6 is 11.3 Å². The van der Waals surface area contributed by atoms with Crippen molar-refractivity contribution in [3.8, 4) is 11.8 Å². The maximum absolute atomic E-state index is 12.2. The van der Waals surface area contributed by atoms with Crippen LogP contribution in [0.25, 0.3) is 0 Å². The number of nitriles is 1. The van der Waals surface area contributed by atoms with E-state index in [9.17, 15) is 19.6 Å². The van der Waals surface area contributed by atoms with Gasteiger partial charge in [-0.05, 0) is 55.0 Å². The first-order valence-corrected chi connectivity index (χ1v) is 10.6. The molecule has 1 unspecified atom stereocenters. The number of rotatable bonds is 7. The number of nitrogens with one attached hydrogen (secondary N) is 2. The second-order valence-electron chi connectivity index (χ2n) is 7.29. The Morgan fingerprint density at radius 3 is 2.68 bits per heavy atom. The van der Waals surface area contributed by atoms with Gasteiger partial charge >= 0.3 is 5.97 Å². The fraction of sp³-hybridized carbons (Fsp3) is 0.364. The molecule has 2 amide bonds. The Balaban J connectivity index is 1.47. The largest absolute Gasteiger partial charge is 0.497 e. The minimum absolute atomic E-state index is 0.367. The summed E-state index contributed by atoms with van der Waals surface area (Å²) in [4.78, 5) is 37.2. The van der Waals surface area contributed by atoms with E-state index in [2.05, 4.69) is 23.6 Å². The summed E-state index contributed by atoms with van der Waals surface area (Å²) in [5.74, 6) is -0.547. The molecule has 2 N–H and O–H groups in total. The molecule has 0 spiro atoms. The molecule has 3 rings (SSSR count). The van der Waals surface area contributed by atoms with Crippen molar-refractivity contribution in [3.63, 3.8) is 0 Å². The van der Waals surface area contributed by atoms with Gasteiger partial charge < -0.3 is 20.1 Å². The second kappa shape index (κ2) is 10.1. The van der Waals surface area contributed by atoms with E-state index in [0.29, 0.717) is 27.8 Å². The van der Waals surface area contributed by atoms with Crippen molar-refractivity contribution in [2.45, 2.75) is 26.2 Å². The number of anilines is 1. The van der Waals surface area contributed by atoms with Crippen LogP contribution < -0.4 is 15.4 Å². The zero-order valence-electron chi connectivity index (χ0n) is 17.3. The third-order valence-corrected chi connectivity index (χ3v) is 6.16. The molecule has 2 aromatic rings. The molecular weight excluding hydrogens is 418 g/mol. The quantitative estimate of drug-likeness (QED) is 0.638. The topological polar surface area (TPSA) is 118 Å². The van der Waals surface area contributed by atoms with Gasteiger partial charge in [0.2, 0.25) is 0 Å². The number of fused-ring (bicyclic) bond motifs is 1. The maximum atomic E-state index is 12.2. The number of amides is 2. The van der Waals surface area contributed by atoms with Gasteiger partial charge in [0.15, 0.2) is 6.61 Å². The lowest BCUT2D eigenvalue weighted by atomic mass is 9.89. The van der Waals surface area contributed by atoms with Gasteiger partial charge in [0, 0.05) is 10.4 Å². The minimum atomic E-state index is -0.739. The van der Waals surface area contributed by atoms with Gasteiger partial charge in [-0.15, -0.1) is 11.3 Å². The first kappa shape index (κ1) is 22.3. The highest BCUT2D eigenvalue weighted by molar-refractivity contribution is 7.16. The van der Waals surface area contributed by atoms with Gasteiger partial charge in [0.05, 0.1) is 12.7 Å². The van der Waals surface area contributed by atoms with Crippen molar-refractivity contribution in [1.29, 1.82) is 5.26 Å². The molecule has 1 aromatic carbocycles. The summed E-state index contributed by atoms with van der Waals surface area (Å²) in [6, 6.07) is 8.59. The summed E-state index contributed by atoms with van der Waals surface area (Å²) in [6.45, 7) is 1.30. The summed E-state index contributed by atoms with van der Waals surface area (Å²) in [5.41, 5.74) is 1.88. The van der Waals surface area contributed by atoms with Gasteiger partial charge in [-0.1, -0.05) is 6.92 Å². The Morgan fingerprint density at radius 2 is 2.00 bits per heavy atom. The Morgan fingerprint density at radius 1 is 1.26 bits per heavy atom. The van der Waals surface area contributed by atoms with Crippen molar-refractivity contribution in [2.75, 3.05) is 25.6 Å². The lowest BCUT2D eigenvalue weighted by Crippen LogP contribution is -2.32. The number of carbonyl (C=O) groups excluding carboxylic acids is 3. The predicted molar refractivity (Wildman–Crippen MR) is 115 cm³/mol. The van der Waals surface area contributed by atoms with Crippen molar-refractivity contribution in [2.24, 2.45) is 5.92 Å². The molecule has 0 saturated heterocycles. The molecule has 0 aliphatic heterocycles. The number of esters is 1. The maximum Gasteiger partial charge on any atom is 0.325 e. The molecule has 9 heteroatoms. The van der Waals surface area contributed by atoms with E-state index < -0.39 is 24.4 Å². The molecule has 0 bridgehead atoms. The van der Waals surface area contributed by atoms with E-state index in [1.165, 1.54) is 18.4 Å². The Labute approximate surface area is 184 Å². The first-order valence-electron chi connectivity index (χ1n) is 9.83.